The summed E-state index contributed by atoms with van der Waals surface area (Å²) in [6.07, 6.45) is 1.19. The van der Waals surface area contributed by atoms with Crippen LogP contribution in [0, 0.1) is 5.82 Å². The van der Waals surface area contributed by atoms with Crippen LogP contribution in [-0.2, 0) is 19.9 Å². The van der Waals surface area contributed by atoms with Gasteiger partial charge in [0.1, 0.15) is 5.82 Å². The lowest BCUT2D eigenvalue weighted by molar-refractivity contribution is 0.607. The van der Waals surface area contributed by atoms with Crippen LogP contribution in [0.2, 0.25) is 5.15 Å². The van der Waals surface area contributed by atoms with E-state index in [0.717, 1.165) is 5.69 Å². The molecule has 0 aliphatic carbocycles. The van der Waals surface area contributed by atoms with E-state index < -0.39 is 0 Å². The highest BCUT2D eigenvalue weighted by Crippen LogP contribution is 2.20. The fourth-order valence-corrected chi connectivity index (χ4v) is 2.05. The van der Waals surface area contributed by atoms with Crippen molar-refractivity contribution < 1.29 is 4.39 Å². The Hall–Kier alpha value is -1.55. The average Bonchev–Trinajstić information content (AvgIpc) is 2.53. The molecule has 1 aromatic heterocycles. The van der Waals surface area contributed by atoms with Gasteiger partial charge in [0, 0.05) is 7.05 Å². The van der Waals surface area contributed by atoms with Crippen LogP contribution in [0.25, 0.3) is 0 Å². The number of nitrogen functional groups attached to an aromatic ring is 1. The molecular weight excluding hydrogens is 241 g/mol. The van der Waals surface area contributed by atoms with Crippen LogP contribution in [0.5, 0.6) is 0 Å². The monoisotopic (exact) mass is 253 g/mol. The topological polar surface area (TPSA) is 43.8 Å². The standard InChI is InChI=1S/C12H13ClFN3/c1-17-10(11(13)16-12(17)15)7-6-8-4-2-3-5-9(8)14/h2-5H,6-7H2,1H3,(H2,15,16). The third-order valence-corrected chi connectivity index (χ3v) is 3.09. The Labute approximate surface area is 104 Å². The van der Waals surface area contributed by atoms with Crippen molar-refractivity contribution in [1.29, 1.82) is 0 Å². The number of hydrogen-bond donors (Lipinski definition) is 1. The van der Waals surface area contributed by atoms with Crippen molar-refractivity contribution in [3.63, 3.8) is 0 Å². The summed E-state index contributed by atoms with van der Waals surface area (Å²) in [7, 11) is 1.80. The summed E-state index contributed by atoms with van der Waals surface area (Å²) >= 11 is 5.95. The van der Waals surface area contributed by atoms with Crippen molar-refractivity contribution >= 4 is 17.5 Å². The van der Waals surface area contributed by atoms with Crippen LogP contribution >= 0.6 is 11.6 Å². The van der Waals surface area contributed by atoms with Gasteiger partial charge in [-0.15, -0.1) is 0 Å². The fourth-order valence-electron chi connectivity index (χ4n) is 1.74. The van der Waals surface area contributed by atoms with Gasteiger partial charge in [0.25, 0.3) is 0 Å². The molecule has 0 aliphatic heterocycles. The van der Waals surface area contributed by atoms with Crippen LogP contribution in [0.3, 0.4) is 0 Å². The molecule has 1 heterocycles. The van der Waals surface area contributed by atoms with Gasteiger partial charge in [-0.25, -0.2) is 9.37 Å². The summed E-state index contributed by atoms with van der Waals surface area (Å²) in [5.74, 6) is 0.178. The normalized spacial score (nSPS) is 10.8. The minimum atomic E-state index is -0.196. The Morgan fingerprint density at radius 3 is 2.65 bits per heavy atom. The Bertz CT molecular complexity index is 537. The molecule has 90 valence electrons. The number of anilines is 1. The Morgan fingerprint density at radius 1 is 1.35 bits per heavy atom. The maximum Gasteiger partial charge on any atom is 0.201 e. The molecule has 2 rings (SSSR count). The molecule has 0 bridgehead atoms. The zero-order chi connectivity index (χ0) is 12.4. The molecule has 0 saturated heterocycles. The van der Waals surface area contributed by atoms with E-state index in [4.69, 9.17) is 17.3 Å². The molecule has 2 aromatic rings. The Kier molecular flexibility index (Phi) is 3.33. The number of rotatable bonds is 3. The van der Waals surface area contributed by atoms with Crippen LogP contribution in [0.15, 0.2) is 24.3 Å². The van der Waals surface area contributed by atoms with Crippen LogP contribution in [-0.4, -0.2) is 9.55 Å². The minimum Gasteiger partial charge on any atom is -0.369 e. The molecule has 17 heavy (non-hydrogen) atoms. The first-order chi connectivity index (χ1) is 8.09. The maximum atomic E-state index is 13.4. The number of nitrogens with two attached hydrogens (primary N) is 1. The van der Waals surface area contributed by atoms with E-state index in [0.29, 0.717) is 29.5 Å². The largest absolute Gasteiger partial charge is 0.369 e. The van der Waals surface area contributed by atoms with Gasteiger partial charge < -0.3 is 10.3 Å². The minimum absolute atomic E-state index is 0.196. The SMILES string of the molecule is Cn1c(N)nc(Cl)c1CCc1ccccc1F. The predicted molar refractivity (Wildman–Crippen MR) is 66.4 cm³/mol. The molecule has 0 saturated carbocycles. The highest BCUT2D eigenvalue weighted by molar-refractivity contribution is 6.30. The van der Waals surface area contributed by atoms with Crippen molar-refractivity contribution in [2.45, 2.75) is 12.8 Å². The van der Waals surface area contributed by atoms with Crippen molar-refractivity contribution in [3.05, 3.63) is 46.5 Å². The van der Waals surface area contributed by atoms with E-state index in [-0.39, 0.29) is 5.82 Å². The van der Waals surface area contributed by atoms with Crippen molar-refractivity contribution in [2.75, 3.05) is 5.73 Å². The van der Waals surface area contributed by atoms with Crippen LogP contribution < -0.4 is 5.73 Å². The van der Waals surface area contributed by atoms with E-state index in [9.17, 15) is 4.39 Å². The number of benzene rings is 1. The molecule has 0 amide bonds. The summed E-state index contributed by atoms with van der Waals surface area (Å²) < 4.78 is 15.1. The lowest BCUT2D eigenvalue weighted by Crippen LogP contribution is -2.03. The summed E-state index contributed by atoms with van der Waals surface area (Å²) in [4.78, 5) is 3.96. The second kappa shape index (κ2) is 4.75. The number of nitrogens with zero attached hydrogens (tertiary/aromatic N) is 2. The predicted octanol–water partition coefficient (Wildman–Crippen LogP) is 2.58. The van der Waals surface area contributed by atoms with Gasteiger partial charge in [-0.2, -0.15) is 0 Å². The number of aryl methyl sites for hydroxylation is 1. The molecule has 1 aromatic carbocycles. The molecule has 3 nitrogen and oxygen atoms in total. The first-order valence-corrected chi connectivity index (χ1v) is 5.67. The van der Waals surface area contributed by atoms with E-state index in [1.165, 1.54) is 6.07 Å². The zero-order valence-corrected chi connectivity index (χ0v) is 10.2. The van der Waals surface area contributed by atoms with Crippen molar-refractivity contribution in [2.24, 2.45) is 7.05 Å². The molecule has 0 unspecified atom stereocenters. The fraction of sp³-hybridized carbons (Fsp3) is 0.250. The van der Waals surface area contributed by atoms with Crippen LogP contribution in [0.1, 0.15) is 11.3 Å². The number of imidazole rings is 1. The summed E-state index contributed by atoms with van der Waals surface area (Å²) in [6.45, 7) is 0. The molecule has 5 heteroatoms. The number of hydrogen-bond acceptors (Lipinski definition) is 2. The van der Waals surface area contributed by atoms with E-state index in [1.54, 1.807) is 23.7 Å². The summed E-state index contributed by atoms with van der Waals surface area (Å²) in [6, 6.07) is 6.71. The second-order valence-electron chi connectivity index (χ2n) is 3.86. The van der Waals surface area contributed by atoms with Gasteiger partial charge in [0.2, 0.25) is 5.95 Å². The van der Waals surface area contributed by atoms with E-state index in [1.807, 2.05) is 6.07 Å². The summed E-state index contributed by atoms with van der Waals surface area (Å²) in [5, 5.41) is 0.390. The second-order valence-corrected chi connectivity index (χ2v) is 4.22. The first kappa shape index (κ1) is 11.9. The highest BCUT2D eigenvalue weighted by Gasteiger charge is 2.11. The molecule has 2 N–H and O–H groups in total. The van der Waals surface area contributed by atoms with Gasteiger partial charge >= 0.3 is 0 Å². The van der Waals surface area contributed by atoms with E-state index >= 15 is 0 Å². The number of halogens is 2. The molecule has 0 spiro atoms. The van der Waals surface area contributed by atoms with Gasteiger partial charge in [-0.3, -0.25) is 0 Å². The quantitative estimate of drug-likeness (QED) is 0.914. The van der Waals surface area contributed by atoms with Crippen LogP contribution in [0.4, 0.5) is 10.3 Å². The molecule has 0 atom stereocenters. The Morgan fingerprint density at radius 2 is 2.06 bits per heavy atom. The van der Waals surface area contributed by atoms with E-state index in [2.05, 4.69) is 4.98 Å². The highest BCUT2D eigenvalue weighted by atomic mass is 35.5. The lowest BCUT2D eigenvalue weighted by Gasteiger charge is -2.05. The molecule has 0 aliphatic rings. The zero-order valence-electron chi connectivity index (χ0n) is 9.45. The van der Waals surface area contributed by atoms with Crippen molar-refractivity contribution in [3.8, 4) is 0 Å². The molecular formula is C12H13ClFN3. The smallest absolute Gasteiger partial charge is 0.201 e. The number of aromatic nitrogens is 2. The Balaban J connectivity index is 2.15. The molecule has 0 fully saturated rings. The third kappa shape index (κ3) is 2.42. The maximum absolute atomic E-state index is 13.4. The lowest BCUT2D eigenvalue weighted by atomic mass is 10.1. The van der Waals surface area contributed by atoms with Crippen molar-refractivity contribution in [1.82, 2.24) is 9.55 Å². The summed E-state index contributed by atoms with van der Waals surface area (Å²) in [5.41, 5.74) is 7.13. The third-order valence-electron chi connectivity index (χ3n) is 2.79. The van der Waals surface area contributed by atoms with Gasteiger partial charge in [0.05, 0.1) is 5.69 Å². The average molecular weight is 254 g/mol. The first-order valence-electron chi connectivity index (χ1n) is 5.29. The molecule has 0 radical (unpaired) electrons. The van der Waals surface area contributed by atoms with Gasteiger partial charge in [-0.1, -0.05) is 29.8 Å². The van der Waals surface area contributed by atoms with Gasteiger partial charge in [0.15, 0.2) is 5.15 Å². The van der Waals surface area contributed by atoms with Gasteiger partial charge in [-0.05, 0) is 24.5 Å².